The molecule has 0 aliphatic rings. The fraction of sp³-hybridized carbons (Fsp3) is 0.300. The molecule has 1 aromatic heterocycles. The lowest BCUT2D eigenvalue weighted by atomic mass is 10.3. The summed E-state index contributed by atoms with van der Waals surface area (Å²) in [6.45, 7) is 6.32. The van der Waals surface area contributed by atoms with E-state index in [0.29, 0.717) is 11.4 Å². The Morgan fingerprint density at radius 3 is 2.57 bits per heavy atom. The lowest BCUT2D eigenvalue weighted by molar-refractivity contribution is 0.583. The van der Waals surface area contributed by atoms with E-state index in [-0.39, 0.29) is 0 Å². The Morgan fingerprint density at radius 1 is 1.36 bits per heavy atom. The predicted octanol–water partition coefficient (Wildman–Crippen LogP) is 2.03. The number of hydrogen-bond donors (Lipinski definition) is 1. The molecule has 1 heterocycles. The van der Waals surface area contributed by atoms with E-state index >= 15 is 0 Å². The first-order valence-electron chi connectivity index (χ1n) is 4.34. The van der Waals surface area contributed by atoms with Gasteiger partial charge in [0.1, 0.15) is 13.8 Å². The zero-order valence-electron chi connectivity index (χ0n) is 8.56. The van der Waals surface area contributed by atoms with Crippen LogP contribution in [0.3, 0.4) is 0 Å². The molecule has 0 saturated heterocycles. The van der Waals surface area contributed by atoms with Crippen LogP contribution in [0, 0.1) is 17.4 Å². The maximum absolute atomic E-state index is 12.7. The minimum Gasteiger partial charge on any atom is -0.396 e. The molecule has 2 nitrogen and oxygen atoms in total. The second-order valence-electron chi connectivity index (χ2n) is 4.07. The summed E-state index contributed by atoms with van der Waals surface area (Å²) < 4.78 is 12.7. The number of anilines is 1. The molecular formula is C10H13FN2Si. The van der Waals surface area contributed by atoms with Crippen molar-refractivity contribution in [2.45, 2.75) is 19.6 Å². The van der Waals surface area contributed by atoms with Crippen molar-refractivity contribution in [3.05, 3.63) is 23.8 Å². The number of aromatic nitrogens is 1. The van der Waals surface area contributed by atoms with Crippen LogP contribution in [0.5, 0.6) is 0 Å². The van der Waals surface area contributed by atoms with E-state index in [1.807, 2.05) is 0 Å². The Kier molecular flexibility index (Phi) is 2.92. The standard InChI is InChI=1S/C10H13FN2Si/c1-14(2,3)7-6-9-8(12)4-5-10(11)13-9/h4-5H,12H2,1-3H3. The van der Waals surface area contributed by atoms with E-state index < -0.39 is 14.0 Å². The fourth-order valence-electron chi connectivity index (χ4n) is 0.793. The summed E-state index contributed by atoms with van der Waals surface area (Å²) in [5, 5.41) is 0. The van der Waals surface area contributed by atoms with Crippen molar-refractivity contribution in [1.82, 2.24) is 4.98 Å². The third-order valence-corrected chi connectivity index (χ3v) is 2.32. The zero-order chi connectivity index (χ0) is 10.8. The van der Waals surface area contributed by atoms with Crippen LogP contribution in [0.25, 0.3) is 0 Å². The molecular weight excluding hydrogens is 195 g/mol. The molecule has 4 heteroatoms. The summed E-state index contributed by atoms with van der Waals surface area (Å²) >= 11 is 0. The van der Waals surface area contributed by atoms with Gasteiger partial charge >= 0.3 is 0 Å². The Morgan fingerprint density at radius 2 is 2.00 bits per heavy atom. The molecule has 2 N–H and O–H groups in total. The summed E-state index contributed by atoms with van der Waals surface area (Å²) in [4.78, 5) is 3.63. The van der Waals surface area contributed by atoms with Crippen LogP contribution >= 0.6 is 0 Å². The minimum atomic E-state index is -1.46. The third-order valence-electron chi connectivity index (χ3n) is 1.45. The number of rotatable bonds is 0. The van der Waals surface area contributed by atoms with Gasteiger partial charge in [-0.05, 0) is 12.1 Å². The minimum absolute atomic E-state index is 0.340. The second-order valence-corrected chi connectivity index (χ2v) is 8.82. The summed E-state index contributed by atoms with van der Waals surface area (Å²) in [5.41, 5.74) is 9.46. The molecule has 0 aliphatic heterocycles. The van der Waals surface area contributed by atoms with Gasteiger partial charge in [-0.1, -0.05) is 25.6 Å². The Labute approximate surface area is 84.4 Å². The van der Waals surface area contributed by atoms with Crippen molar-refractivity contribution in [2.24, 2.45) is 0 Å². The Balaban J connectivity index is 3.06. The quantitative estimate of drug-likeness (QED) is 0.402. The number of halogens is 1. The van der Waals surface area contributed by atoms with Gasteiger partial charge in [0.05, 0.1) is 5.69 Å². The lowest BCUT2D eigenvalue weighted by Crippen LogP contribution is -2.16. The Bertz CT molecular complexity index is 399. The highest BCUT2D eigenvalue weighted by atomic mass is 28.3. The topological polar surface area (TPSA) is 38.9 Å². The van der Waals surface area contributed by atoms with Crippen molar-refractivity contribution in [3.8, 4) is 11.5 Å². The first-order chi connectivity index (χ1) is 6.38. The van der Waals surface area contributed by atoms with E-state index in [2.05, 4.69) is 36.1 Å². The monoisotopic (exact) mass is 208 g/mol. The van der Waals surface area contributed by atoms with Gasteiger partial charge in [0.2, 0.25) is 5.95 Å². The van der Waals surface area contributed by atoms with Crippen LogP contribution in [-0.4, -0.2) is 13.1 Å². The van der Waals surface area contributed by atoms with Gasteiger partial charge in [-0.15, -0.1) is 5.54 Å². The molecule has 0 atom stereocenters. The molecule has 74 valence electrons. The molecule has 0 bridgehead atoms. The van der Waals surface area contributed by atoms with Crippen LogP contribution in [0.15, 0.2) is 12.1 Å². The summed E-state index contributed by atoms with van der Waals surface area (Å²) in [7, 11) is -1.46. The highest BCUT2D eigenvalue weighted by molar-refractivity contribution is 6.83. The summed E-state index contributed by atoms with van der Waals surface area (Å²) in [6, 6.07) is 2.71. The van der Waals surface area contributed by atoms with Gasteiger partial charge in [-0.2, -0.15) is 4.39 Å². The average molecular weight is 208 g/mol. The molecule has 1 rings (SSSR count). The van der Waals surface area contributed by atoms with Gasteiger partial charge in [0.15, 0.2) is 0 Å². The molecule has 0 fully saturated rings. The van der Waals surface area contributed by atoms with Crippen LogP contribution < -0.4 is 5.73 Å². The van der Waals surface area contributed by atoms with Crippen LogP contribution in [0.4, 0.5) is 10.1 Å². The van der Waals surface area contributed by atoms with Gasteiger partial charge in [-0.25, -0.2) is 4.98 Å². The molecule has 0 radical (unpaired) electrons. The molecule has 0 amide bonds. The van der Waals surface area contributed by atoms with Crippen molar-refractivity contribution in [2.75, 3.05) is 5.73 Å². The molecule has 0 saturated carbocycles. The van der Waals surface area contributed by atoms with Gasteiger partial charge in [0, 0.05) is 0 Å². The van der Waals surface area contributed by atoms with E-state index in [0.717, 1.165) is 0 Å². The van der Waals surface area contributed by atoms with Gasteiger partial charge in [0.25, 0.3) is 0 Å². The number of hydrogen-bond acceptors (Lipinski definition) is 2. The highest BCUT2D eigenvalue weighted by Gasteiger charge is 2.08. The maximum Gasteiger partial charge on any atom is 0.214 e. The summed E-state index contributed by atoms with van der Waals surface area (Å²) in [6.07, 6.45) is 0. The SMILES string of the molecule is C[Si](C)(C)C#Cc1nc(F)ccc1N. The lowest BCUT2D eigenvalue weighted by Gasteiger charge is -2.03. The number of nitrogens with two attached hydrogens (primary N) is 1. The largest absolute Gasteiger partial charge is 0.396 e. The molecule has 14 heavy (non-hydrogen) atoms. The molecule has 0 aromatic carbocycles. The van der Waals surface area contributed by atoms with Crippen molar-refractivity contribution < 1.29 is 4.39 Å². The first kappa shape index (κ1) is 10.7. The van der Waals surface area contributed by atoms with Crippen molar-refractivity contribution in [3.63, 3.8) is 0 Å². The first-order valence-corrected chi connectivity index (χ1v) is 7.84. The second kappa shape index (κ2) is 3.80. The van der Waals surface area contributed by atoms with Crippen LogP contribution in [0.1, 0.15) is 5.69 Å². The van der Waals surface area contributed by atoms with Gasteiger partial charge in [-0.3, -0.25) is 0 Å². The smallest absolute Gasteiger partial charge is 0.214 e. The Hall–Kier alpha value is -1.34. The zero-order valence-corrected chi connectivity index (χ0v) is 9.56. The van der Waals surface area contributed by atoms with E-state index in [1.54, 1.807) is 0 Å². The van der Waals surface area contributed by atoms with Crippen molar-refractivity contribution in [1.29, 1.82) is 0 Å². The molecule has 1 aromatic rings. The number of nitrogen functional groups attached to an aromatic ring is 1. The fourth-order valence-corrected chi connectivity index (χ4v) is 1.29. The molecule has 0 aliphatic carbocycles. The van der Waals surface area contributed by atoms with E-state index in [1.165, 1.54) is 12.1 Å². The highest BCUT2D eigenvalue weighted by Crippen LogP contribution is 2.08. The van der Waals surface area contributed by atoms with Crippen LogP contribution in [-0.2, 0) is 0 Å². The third kappa shape index (κ3) is 3.19. The van der Waals surface area contributed by atoms with Crippen LogP contribution in [0.2, 0.25) is 19.6 Å². The average Bonchev–Trinajstić information content (AvgIpc) is 2.05. The van der Waals surface area contributed by atoms with E-state index in [9.17, 15) is 4.39 Å². The van der Waals surface area contributed by atoms with Gasteiger partial charge < -0.3 is 5.73 Å². The van der Waals surface area contributed by atoms with Crippen molar-refractivity contribution >= 4 is 13.8 Å². The number of nitrogens with zero attached hydrogens (tertiary/aromatic N) is 1. The predicted molar refractivity (Wildman–Crippen MR) is 58.8 cm³/mol. The molecule has 0 spiro atoms. The maximum atomic E-state index is 12.7. The summed E-state index contributed by atoms with van der Waals surface area (Å²) in [5.74, 6) is 2.29. The normalized spacial score (nSPS) is 10.6. The molecule has 0 unspecified atom stereocenters. The number of pyridine rings is 1. The van der Waals surface area contributed by atoms with E-state index in [4.69, 9.17) is 5.73 Å².